The number of carbonyl (C=O) groups is 1. The minimum absolute atomic E-state index is 0.0383. The largest absolute Gasteiger partial charge is 0.484 e. The van der Waals surface area contributed by atoms with Gasteiger partial charge in [0.1, 0.15) is 5.75 Å². The molecule has 0 spiro atoms. The molecule has 0 fully saturated rings. The van der Waals surface area contributed by atoms with Gasteiger partial charge in [0.15, 0.2) is 6.61 Å². The summed E-state index contributed by atoms with van der Waals surface area (Å²) < 4.78 is 41.4. The van der Waals surface area contributed by atoms with Crippen LogP contribution in [-0.2, 0) is 11.0 Å². The van der Waals surface area contributed by atoms with Crippen LogP contribution in [0.5, 0.6) is 5.75 Å². The van der Waals surface area contributed by atoms with E-state index in [0.717, 1.165) is 12.1 Å². The summed E-state index contributed by atoms with van der Waals surface area (Å²) in [5, 5.41) is 0. The number of benzene rings is 1. The summed E-state index contributed by atoms with van der Waals surface area (Å²) in [6, 6.07) is 4.23. The summed E-state index contributed by atoms with van der Waals surface area (Å²) in [6.07, 6.45) is -4.42. The Hall–Kier alpha value is -1.72. The molecular formula is C9H8F3NO2. The van der Waals surface area contributed by atoms with E-state index in [4.69, 9.17) is 10.5 Å². The van der Waals surface area contributed by atoms with Gasteiger partial charge in [0.2, 0.25) is 0 Å². The van der Waals surface area contributed by atoms with E-state index in [1.807, 2.05) is 0 Å². The molecule has 0 saturated carbocycles. The Morgan fingerprint density at radius 2 is 2.07 bits per heavy atom. The standard InChI is InChI=1S/C9H8F3NO2/c10-9(11,12)6-2-1-3-7(4-6)15-5-8(13)14/h1-4H,5H2,(H2,13,14). The van der Waals surface area contributed by atoms with Gasteiger partial charge >= 0.3 is 6.18 Å². The number of rotatable bonds is 3. The molecule has 0 heterocycles. The van der Waals surface area contributed by atoms with E-state index in [0.29, 0.717) is 0 Å². The number of nitrogens with two attached hydrogens (primary N) is 1. The van der Waals surface area contributed by atoms with Crippen LogP contribution < -0.4 is 10.5 Å². The molecule has 0 aromatic heterocycles. The van der Waals surface area contributed by atoms with Gasteiger partial charge < -0.3 is 10.5 Å². The summed E-state index contributed by atoms with van der Waals surface area (Å²) in [7, 11) is 0. The van der Waals surface area contributed by atoms with Crippen molar-refractivity contribution in [1.29, 1.82) is 0 Å². The number of hydrogen-bond acceptors (Lipinski definition) is 2. The first kappa shape index (κ1) is 11.4. The van der Waals surface area contributed by atoms with Gasteiger partial charge in [0.25, 0.3) is 5.91 Å². The first-order chi connectivity index (χ1) is 6.89. The van der Waals surface area contributed by atoms with Crippen molar-refractivity contribution in [3.63, 3.8) is 0 Å². The zero-order valence-corrected chi connectivity index (χ0v) is 7.54. The van der Waals surface area contributed by atoms with Crippen molar-refractivity contribution in [2.75, 3.05) is 6.61 Å². The van der Waals surface area contributed by atoms with E-state index < -0.39 is 24.3 Å². The Morgan fingerprint density at radius 1 is 1.40 bits per heavy atom. The van der Waals surface area contributed by atoms with Crippen molar-refractivity contribution < 1.29 is 22.7 Å². The highest BCUT2D eigenvalue weighted by Gasteiger charge is 2.30. The van der Waals surface area contributed by atoms with E-state index >= 15 is 0 Å². The minimum atomic E-state index is -4.42. The van der Waals surface area contributed by atoms with Crippen LogP contribution in [0.4, 0.5) is 13.2 Å². The predicted octanol–water partition coefficient (Wildman–Crippen LogP) is 1.57. The fourth-order valence-corrected chi connectivity index (χ4v) is 0.917. The van der Waals surface area contributed by atoms with Gasteiger partial charge in [-0.2, -0.15) is 13.2 Å². The van der Waals surface area contributed by atoms with Crippen LogP contribution in [0, 0.1) is 0 Å². The molecule has 82 valence electrons. The highest BCUT2D eigenvalue weighted by molar-refractivity contribution is 5.75. The van der Waals surface area contributed by atoms with E-state index in [1.165, 1.54) is 12.1 Å². The van der Waals surface area contributed by atoms with Crippen molar-refractivity contribution >= 4 is 5.91 Å². The molecule has 1 amide bonds. The molecule has 0 aliphatic heterocycles. The summed E-state index contributed by atoms with van der Waals surface area (Å²) in [5.74, 6) is -0.781. The number of halogens is 3. The van der Waals surface area contributed by atoms with Crippen LogP contribution >= 0.6 is 0 Å². The number of alkyl halides is 3. The second-order valence-electron chi connectivity index (χ2n) is 2.78. The lowest BCUT2D eigenvalue weighted by molar-refractivity contribution is -0.137. The first-order valence-electron chi connectivity index (χ1n) is 3.98. The van der Waals surface area contributed by atoms with Crippen molar-refractivity contribution in [2.45, 2.75) is 6.18 Å². The van der Waals surface area contributed by atoms with Crippen molar-refractivity contribution in [1.82, 2.24) is 0 Å². The Kier molecular flexibility index (Phi) is 3.18. The van der Waals surface area contributed by atoms with Crippen LogP contribution in [0.15, 0.2) is 24.3 Å². The monoisotopic (exact) mass is 219 g/mol. The Morgan fingerprint density at radius 3 is 2.60 bits per heavy atom. The predicted molar refractivity (Wildman–Crippen MR) is 46.1 cm³/mol. The normalized spacial score (nSPS) is 11.1. The molecule has 1 aromatic rings. The van der Waals surface area contributed by atoms with Crippen molar-refractivity contribution in [2.24, 2.45) is 5.73 Å². The maximum atomic E-state index is 12.2. The molecule has 0 saturated heterocycles. The molecule has 3 nitrogen and oxygen atoms in total. The number of amides is 1. The molecule has 2 N–H and O–H groups in total. The van der Waals surface area contributed by atoms with E-state index in [-0.39, 0.29) is 5.75 Å². The van der Waals surface area contributed by atoms with Crippen molar-refractivity contribution in [3.05, 3.63) is 29.8 Å². The summed E-state index contributed by atoms with van der Waals surface area (Å²) in [6.45, 7) is -0.443. The smallest absolute Gasteiger partial charge is 0.416 e. The molecule has 0 atom stereocenters. The second-order valence-corrected chi connectivity index (χ2v) is 2.78. The summed E-state index contributed by atoms with van der Waals surface area (Å²) in [5.41, 5.74) is 3.95. The molecule has 1 rings (SSSR count). The maximum Gasteiger partial charge on any atom is 0.416 e. The molecule has 0 unspecified atom stereocenters. The maximum absolute atomic E-state index is 12.2. The fourth-order valence-electron chi connectivity index (χ4n) is 0.917. The average molecular weight is 219 g/mol. The van der Waals surface area contributed by atoms with Crippen LogP contribution in [0.25, 0.3) is 0 Å². The summed E-state index contributed by atoms with van der Waals surface area (Å²) >= 11 is 0. The SMILES string of the molecule is NC(=O)COc1cccc(C(F)(F)F)c1. The molecule has 0 aliphatic rings. The quantitative estimate of drug-likeness (QED) is 0.838. The van der Waals surface area contributed by atoms with Crippen LogP contribution in [0.3, 0.4) is 0 Å². The molecular weight excluding hydrogens is 211 g/mol. The third kappa shape index (κ3) is 3.49. The Balaban J connectivity index is 2.79. The third-order valence-electron chi connectivity index (χ3n) is 1.54. The minimum Gasteiger partial charge on any atom is -0.484 e. The molecule has 15 heavy (non-hydrogen) atoms. The van der Waals surface area contributed by atoms with Crippen LogP contribution in [-0.4, -0.2) is 12.5 Å². The van der Waals surface area contributed by atoms with Gasteiger partial charge in [-0.05, 0) is 18.2 Å². The molecule has 0 aliphatic carbocycles. The van der Waals surface area contributed by atoms with Gasteiger partial charge in [-0.25, -0.2) is 0 Å². The third-order valence-corrected chi connectivity index (χ3v) is 1.54. The van der Waals surface area contributed by atoms with Crippen molar-refractivity contribution in [3.8, 4) is 5.75 Å². The zero-order valence-electron chi connectivity index (χ0n) is 7.54. The first-order valence-corrected chi connectivity index (χ1v) is 3.98. The Bertz CT molecular complexity index is 363. The van der Waals surface area contributed by atoms with Gasteiger partial charge in [-0.3, -0.25) is 4.79 Å². The van der Waals surface area contributed by atoms with Gasteiger partial charge in [-0.15, -0.1) is 0 Å². The number of ether oxygens (including phenoxy) is 1. The molecule has 1 aromatic carbocycles. The fraction of sp³-hybridized carbons (Fsp3) is 0.222. The molecule has 6 heteroatoms. The number of primary amides is 1. The van der Waals surface area contributed by atoms with E-state index in [2.05, 4.69) is 0 Å². The highest BCUT2D eigenvalue weighted by Crippen LogP contribution is 2.31. The topological polar surface area (TPSA) is 52.3 Å². The average Bonchev–Trinajstić information content (AvgIpc) is 2.14. The lowest BCUT2D eigenvalue weighted by Crippen LogP contribution is -2.20. The molecule has 0 radical (unpaired) electrons. The Labute approximate surface area is 83.6 Å². The zero-order chi connectivity index (χ0) is 11.5. The van der Waals surface area contributed by atoms with Crippen LogP contribution in [0.1, 0.15) is 5.56 Å². The number of carbonyl (C=O) groups excluding carboxylic acids is 1. The lowest BCUT2D eigenvalue weighted by atomic mass is 10.2. The second kappa shape index (κ2) is 4.20. The van der Waals surface area contributed by atoms with Crippen LogP contribution in [0.2, 0.25) is 0 Å². The number of hydrogen-bond donors (Lipinski definition) is 1. The summed E-state index contributed by atoms with van der Waals surface area (Å²) in [4.78, 5) is 10.3. The lowest BCUT2D eigenvalue weighted by Gasteiger charge is -2.08. The highest BCUT2D eigenvalue weighted by atomic mass is 19.4. The van der Waals surface area contributed by atoms with Gasteiger partial charge in [0.05, 0.1) is 5.56 Å². The van der Waals surface area contributed by atoms with E-state index in [1.54, 1.807) is 0 Å². The van der Waals surface area contributed by atoms with E-state index in [9.17, 15) is 18.0 Å². The van der Waals surface area contributed by atoms with Gasteiger partial charge in [0, 0.05) is 0 Å². The molecule has 0 bridgehead atoms. The van der Waals surface area contributed by atoms with Gasteiger partial charge in [-0.1, -0.05) is 6.07 Å².